The number of thioether (sulfide) groups is 2. The third-order valence-electron chi connectivity index (χ3n) is 10.8. The quantitative estimate of drug-likeness (QED) is 0.0864. The van der Waals surface area contributed by atoms with E-state index in [-0.39, 0.29) is 12.4 Å². The maximum Gasteiger partial charge on any atom is 0.133 e. The molecule has 6 rings (SSSR count). The van der Waals surface area contributed by atoms with E-state index >= 15 is 0 Å². The fourth-order valence-electron chi connectivity index (χ4n) is 7.76. The van der Waals surface area contributed by atoms with Crippen LogP contribution in [0.4, 0.5) is 0 Å². The molecular weight excluding hydrogens is 798 g/mol. The first-order chi connectivity index (χ1) is 28.5. The Morgan fingerprint density at radius 2 is 0.883 bits per heavy atom. The smallest absolute Gasteiger partial charge is 0.133 e. The highest BCUT2D eigenvalue weighted by molar-refractivity contribution is 7.99. The Balaban J connectivity index is 0.00000683. The van der Waals surface area contributed by atoms with Gasteiger partial charge in [-0.1, -0.05) is 112 Å². The Morgan fingerprint density at radius 3 is 1.23 bits per heavy atom. The lowest BCUT2D eigenvalue weighted by molar-refractivity contribution is 0.298. The molecule has 2 aromatic heterocycles. The first kappa shape index (κ1) is 46.8. The molecule has 4 aromatic carbocycles. The van der Waals surface area contributed by atoms with E-state index < -0.39 is 0 Å². The number of nitrogens with one attached hydrogen (secondary N) is 1. The van der Waals surface area contributed by atoms with E-state index in [1.54, 1.807) is 23.5 Å². The van der Waals surface area contributed by atoms with Crippen LogP contribution in [0.15, 0.2) is 107 Å². The Hall–Kier alpha value is -4.27. The second-order valence-electron chi connectivity index (χ2n) is 16.4. The van der Waals surface area contributed by atoms with Gasteiger partial charge in [0.05, 0.1) is 0 Å². The van der Waals surface area contributed by atoms with Crippen LogP contribution >= 0.6 is 35.9 Å². The Morgan fingerprint density at radius 1 is 0.517 bits per heavy atom. The molecule has 0 bridgehead atoms. The zero-order valence-electron chi connectivity index (χ0n) is 37.1. The number of pyridine rings is 2. The summed E-state index contributed by atoms with van der Waals surface area (Å²) in [5.74, 6) is 2.66. The normalized spacial score (nSPS) is 11.3. The second-order valence-corrected chi connectivity index (χ2v) is 18.1. The summed E-state index contributed by atoms with van der Waals surface area (Å²) in [5, 5.41) is 4.00. The molecule has 8 heteroatoms. The fraction of sp³-hybridized carbons (Fsp3) is 0.346. The van der Waals surface area contributed by atoms with Gasteiger partial charge in [-0.15, -0.1) is 35.9 Å². The lowest BCUT2D eigenvalue weighted by atomic mass is 9.89. The third kappa shape index (κ3) is 11.6. The van der Waals surface area contributed by atoms with Crippen molar-refractivity contribution in [2.45, 2.75) is 104 Å². The van der Waals surface area contributed by atoms with Crippen molar-refractivity contribution in [3.63, 3.8) is 0 Å². The summed E-state index contributed by atoms with van der Waals surface area (Å²) in [7, 11) is 0. The SMILES string of the molecule is CSc1ccccc1OCc1c(C)nc(CC(C)C)c(CNCc2c(CC(C)C)nc(C)c(COc3ccccc3SC)c2-c2ccc(C)cc2)c1-c1ccc(C)cc1.Cl. The van der Waals surface area contributed by atoms with E-state index in [9.17, 15) is 0 Å². The third-order valence-corrected chi connectivity index (χ3v) is 12.3. The molecule has 0 atom stereocenters. The molecule has 0 spiro atoms. The minimum Gasteiger partial charge on any atom is -0.488 e. The second kappa shape index (κ2) is 22.0. The van der Waals surface area contributed by atoms with Crippen LogP contribution in [-0.4, -0.2) is 22.5 Å². The molecule has 5 nitrogen and oxygen atoms in total. The first-order valence-corrected chi connectivity index (χ1v) is 23.3. The van der Waals surface area contributed by atoms with Crippen molar-refractivity contribution in [1.82, 2.24) is 15.3 Å². The summed E-state index contributed by atoms with van der Waals surface area (Å²) >= 11 is 3.41. The van der Waals surface area contributed by atoms with Gasteiger partial charge in [-0.25, -0.2) is 0 Å². The summed E-state index contributed by atoms with van der Waals surface area (Å²) in [6.45, 7) is 19.8. The zero-order valence-corrected chi connectivity index (χ0v) is 39.5. The maximum absolute atomic E-state index is 6.65. The highest BCUT2D eigenvalue weighted by Gasteiger charge is 2.24. The van der Waals surface area contributed by atoms with Crippen LogP contribution in [0.1, 0.15) is 83.9 Å². The predicted octanol–water partition coefficient (Wildman–Crippen LogP) is 13.8. The van der Waals surface area contributed by atoms with E-state index in [1.807, 2.05) is 12.1 Å². The van der Waals surface area contributed by atoms with Gasteiger partial charge < -0.3 is 14.8 Å². The van der Waals surface area contributed by atoms with Crippen LogP contribution in [0, 0.1) is 39.5 Å². The number of rotatable bonds is 18. The summed E-state index contributed by atoms with van der Waals surface area (Å²) in [5.41, 5.74) is 16.3. The van der Waals surface area contributed by atoms with E-state index in [2.05, 4.69) is 158 Å². The fourth-order valence-corrected chi connectivity index (χ4v) is 8.85. The summed E-state index contributed by atoms with van der Waals surface area (Å²) in [4.78, 5) is 13.0. The van der Waals surface area contributed by atoms with Crippen molar-refractivity contribution < 1.29 is 9.47 Å². The van der Waals surface area contributed by atoms with Crippen LogP contribution in [0.5, 0.6) is 11.5 Å². The number of benzene rings is 4. The Bertz CT molecular complexity index is 2180. The van der Waals surface area contributed by atoms with Crippen molar-refractivity contribution >= 4 is 35.9 Å². The lowest BCUT2D eigenvalue weighted by Crippen LogP contribution is -2.21. The largest absolute Gasteiger partial charge is 0.488 e. The molecule has 0 aliphatic heterocycles. The zero-order chi connectivity index (χ0) is 42.1. The Kier molecular flexibility index (Phi) is 17.2. The number of aryl methyl sites for hydroxylation is 4. The van der Waals surface area contributed by atoms with Gasteiger partial charge >= 0.3 is 0 Å². The number of aromatic nitrogens is 2. The van der Waals surface area contributed by atoms with Crippen molar-refractivity contribution in [2.75, 3.05) is 12.5 Å². The number of hydrogen-bond donors (Lipinski definition) is 1. The van der Waals surface area contributed by atoms with Gasteiger partial charge in [-0.2, -0.15) is 0 Å². The molecule has 1 N–H and O–H groups in total. The van der Waals surface area contributed by atoms with Crippen LogP contribution in [0.2, 0.25) is 0 Å². The van der Waals surface area contributed by atoms with Crippen LogP contribution in [-0.2, 0) is 39.1 Å². The average Bonchev–Trinajstić information content (AvgIpc) is 3.21. The molecule has 0 fully saturated rings. The predicted molar refractivity (Wildman–Crippen MR) is 258 cm³/mol. The molecule has 0 aliphatic rings. The number of hydrogen-bond acceptors (Lipinski definition) is 7. The van der Waals surface area contributed by atoms with Gasteiger partial charge in [-0.3, -0.25) is 9.97 Å². The highest BCUT2D eigenvalue weighted by atomic mass is 35.5. The molecule has 2 heterocycles. The van der Waals surface area contributed by atoms with Crippen LogP contribution in [0.25, 0.3) is 22.3 Å². The van der Waals surface area contributed by atoms with Crippen molar-refractivity contribution in [3.8, 4) is 33.8 Å². The molecule has 0 saturated heterocycles. The minimum absolute atomic E-state index is 0. The molecule has 0 amide bonds. The standard InChI is InChI=1S/C52H61N3O2S2.ClH/c1-33(2)27-45-41(51(39-23-19-35(5)20-24-39)43(37(7)54-45)31-56-47-15-11-13-17-49(47)58-9)29-53-30-42-46(28-34(3)4)55-38(8)44(52(42)40-25-21-36(6)22-26-40)32-57-48-16-12-14-18-50(48)59-10;/h11-26,33-34,53H,27-32H2,1-10H3;1H. The first-order valence-electron chi connectivity index (χ1n) is 20.9. The summed E-state index contributed by atoms with van der Waals surface area (Å²) in [6, 6.07) is 34.4. The highest BCUT2D eigenvalue weighted by Crippen LogP contribution is 2.38. The number of para-hydroxylation sites is 2. The van der Waals surface area contributed by atoms with Gasteiger partial charge in [0.15, 0.2) is 0 Å². The lowest BCUT2D eigenvalue weighted by Gasteiger charge is -2.25. The van der Waals surface area contributed by atoms with Gasteiger partial charge in [0.2, 0.25) is 0 Å². The monoisotopic (exact) mass is 859 g/mol. The molecule has 0 radical (unpaired) electrons. The number of ether oxygens (including phenoxy) is 2. The molecule has 0 aliphatic carbocycles. The minimum atomic E-state index is 0. The van der Waals surface area contributed by atoms with E-state index in [4.69, 9.17) is 19.4 Å². The van der Waals surface area contributed by atoms with Crippen molar-refractivity contribution in [3.05, 3.63) is 153 Å². The summed E-state index contributed by atoms with van der Waals surface area (Å²) in [6.07, 6.45) is 5.95. The molecule has 0 unspecified atom stereocenters. The average molecular weight is 861 g/mol. The van der Waals surface area contributed by atoms with E-state index in [1.165, 1.54) is 44.5 Å². The van der Waals surface area contributed by atoms with E-state index in [0.29, 0.717) is 38.1 Å². The van der Waals surface area contributed by atoms with Gasteiger partial charge in [0.1, 0.15) is 24.7 Å². The molecule has 316 valence electrons. The Labute approximate surface area is 374 Å². The topological polar surface area (TPSA) is 56.3 Å². The van der Waals surface area contributed by atoms with Crippen molar-refractivity contribution in [2.24, 2.45) is 11.8 Å². The number of nitrogens with zero attached hydrogens (tertiary/aromatic N) is 2. The van der Waals surface area contributed by atoms with Crippen molar-refractivity contribution in [1.29, 1.82) is 0 Å². The molecular formula is C52H62ClN3O2S2. The molecule has 6 aromatic rings. The van der Waals surface area contributed by atoms with Gasteiger partial charge in [0, 0.05) is 56.8 Å². The molecule has 0 saturated carbocycles. The van der Waals surface area contributed by atoms with Crippen LogP contribution in [0.3, 0.4) is 0 Å². The maximum atomic E-state index is 6.65. The van der Waals surface area contributed by atoms with E-state index in [0.717, 1.165) is 68.0 Å². The van der Waals surface area contributed by atoms with Gasteiger partial charge in [-0.05, 0) is 123 Å². The number of halogens is 1. The molecule has 60 heavy (non-hydrogen) atoms. The summed E-state index contributed by atoms with van der Waals surface area (Å²) < 4.78 is 13.3. The van der Waals surface area contributed by atoms with Gasteiger partial charge in [0.25, 0.3) is 0 Å². The van der Waals surface area contributed by atoms with Crippen LogP contribution < -0.4 is 14.8 Å².